The van der Waals surface area contributed by atoms with Crippen LogP contribution in [0, 0.1) is 0 Å². The summed E-state index contributed by atoms with van der Waals surface area (Å²) in [6.45, 7) is 0.212. The maximum absolute atomic E-state index is 10.8. The van der Waals surface area contributed by atoms with Crippen LogP contribution in [-0.4, -0.2) is 16.3 Å². The lowest BCUT2D eigenvalue weighted by Gasteiger charge is -2.20. The van der Waals surface area contributed by atoms with Crippen molar-refractivity contribution in [1.29, 1.82) is 0 Å². The van der Waals surface area contributed by atoms with E-state index in [4.69, 9.17) is 22.1 Å². The van der Waals surface area contributed by atoms with Gasteiger partial charge in [-0.05, 0) is 24.4 Å². The van der Waals surface area contributed by atoms with Crippen molar-refractivity contribution in [2.24, 2.45) is 0 Å². The van der Waals surface area contributed by atoms with Crippen molar-refractivity contribution in [1.82, 2.24) is 0 Å². The van der Waals surface area contributed by atoms with Crippen molar-refractivity contribution < 1.29 is 14.6 Å². The predicted molar refractivity (Wildman–Crippen MR) is 54.4 cm³/mol. The first-order valence-corrected chi connectivity index (χ1v) is 4.38. The topological polar surface area (TPSA) is 58.6 Å². The fraction of sp³-hybridized carbons (Fsp3) is 0.111. The molecule has 2 rings (SSSR count). The summed E-state index contributed by atoms with van der Waals surface area (Å²) in [6, 6.07) is 4.99. The molecule has 0 spiro atoms. The minimum absolute atomic E-state index is 0.212. The van der Waals surface area contributed by atoms with Crippen molar-refractivity contribution in [3.05, 3.63) is 29.3 Å². The van der Waals surface area contributed by atoms with E-state index in [1.807, 2.05) is 0 Å². The predicted octanol–water partition coefficient (Wildman–Crippen LogP) is 1.61. The number of hydrogen-bond donors (Lipinski definition) is 2. The quantitative estimate of drug-likeness (QED) is 0.688. The third kappa shape index (κ3) is 1.42. The summed E-state index contributed by atoms with van der Waals surface area (Å²) in [6.07, 6.45) is 0. The number of thiocarbonyl (C=S) groups is 1. The van der Waals surface area contributed by atoms with E-state index in [-0.39, 0.29) is 17.3 Å². The van der Waals surface area contributed by atoms with Gasteiger partial charge in [-0.15, -0.1) is 0 Å². The molecule has 1 aliphatic rings. The highest BCUT2D eigenvalue weighted by Crippen LogP contribution is 2.24. The summed E-state index contributed by atoms with van der Waals surface area (Å²) >= 11 is 4.81. The van der Waals surface area contributed by atoms with E-state index in [1.165, 1.54) is 0 Å². The molecule has 0 bridgehead atoms. The van der Waals surface area contributed by atoms with Crippen molar-refractivity contribution >= 4 is 29.0 Å². The highest BCUT2D eigenvalue weighted by molar-refractivity contribution is 7.80. The smallest absolute Gasteiger partial charge is 0.336 e. The molecule has 0 aliphatic carbocycles. The van der Waals surface area contributed by atoms with Gasteiger partial charge in [0.1, 0.15) is 6.61 Å². The number of hydrogen-bond acceptors (Lipinski definition) is 3. The molecule has 2 N–H and O–H groups in total. The van der Waals surface area contributed by atoms with Crippen molar-refractivity contribution in [2.75, 3.05) is 5.32 Å². The van der Waals surface area contributed by atoms with Crippen LogP contribution in [0.5, 0.6) is 0 Å². The molecule has 0 saturated heterocycles. The van der Waals surface area contributed by atoms with Crippen LogP contribution in [0.4, 0.5) is 5.69 Å². The molecule has 0 amide bonds. The van der Waals surface area contributed by atoms with Crippen LogP contribution < -0.4 is 5.32 Å². The second-order valence-electron chi connectivity index (χ2n) is 2.84. The van der Waals surface area contributed by atoms with Gasteiger partial charge >= 0.3 is 5.97 Å². The summed E-state index contributed by atoms with van der Waals surface area (Å²) in [7, 11) is 0. The van der Waals surface area contributed by atoms with Crippen LogP contribution in [0.1, 0.15) is 15.9 Å². The van der Waals surface area contributed by atoms with Crippen LogP contribution in [-0.2, 0) is 11.3 Å². The summed E-state index contributed by atoms with van der Waals surface area (Å²) < 4.78 is 5.05. The lowest BCUT2D eigenvalue weighted by atomic mass is 10.1. The Kier molecular flexibility index (Phi) is 2.09. The van der Waals surface area contributed by atoms with Crippen LogP contribution in [0.3, 0.4) is 0 Å². The summed E-state index contributed by atoms with van der Waals surface area (Å²) in [5, 5.41) is 12.0. The van der Waals surface area contributed by atoms with E-state index >= 15 is 0 Å². The highest BCUT2D eigenvalue weighted by Gasteiger charge is 2.19. The van der Waals surface area contributed by atoms with Crippen molar-refractivity contribution in [3.63, 3.8) is 0 Å². The molecular formula is C9H7NO3S. The molecule has 0 unspecified atom stereocenters. The van der Waals surface area contributed by atoms with Crippen LogP contribution in [0.2, 0.25) is 0 Å². The molecule has 0 atom stereocenters. The van der Waals surface area contributed by atoms with Gasteiger partial charge in [0.2, 0.25) is 0 Å². The molecule has 5 heteroatoms. The highest BCUT2D eigenvalue weighted by atomic mass is 32.1. The van der Waals surface area contributed by atoms with Gasteiger partial charge in [0.25, 0.3) is 5.17 Å². The Labute approximate surface area is 85.5 Å². The third-order valence-electron chi connectivity index (χ3n) is 1.99. The zero-order valence-corrected chi connectivity index (χ0v) is 7.93. The molecule has 0 fully saturated rings. The zero-order valence-electron chi connectivity index (χ0n) is 7.11. The van der Waals surface area contributed by atoms with E-state index in [1.54, 1.807) is 18.2 Å². The normalized spacial score (nSPS) is 13.9. The maximum atomic E-state index is 10.8. The Bertz CT molecular complexity index is 417. The monoisotopic (exact) mass is 209 g/mol. The number of benzene rings is 1. The van der Waals surface area contributed by atoms with Gasteiger partial charge in [0.15, 0.2) is 0 Å². The molecule has 72 valence electrons. The molecule has 0 saturated carbocycles. The Morgan fingerprint density at radius 3 is 3.07 bits per heavy atom. The zero-order chi connectivity index (χ0) is 10.1. The SMILES string of the molecule is O=C(O)c1cccc2c1COC(=S)N2. The van der Waals surface area contributed by atoms with Gasteiger partial charge in [-0.1, -0.05) is 6.07 Å². The third-order valence-corrected chi connectivity index (χ3v) is 2.21. The molecule has 1 aromatic carbocycles. The van der Waals surface area contributed by atoms with Gasteiger partial charge in [-0.25, -0.2) is 4.79 Å². The molecule has 14 heavy (non-hydrogen) atoms. The van der Waals surface area contributed by atoms with Gasteiger partial charge in [-0.3, -0.25) is 0 Å². The Morgan fingerprint density at radius 2 is 2.36 bits per heavy atom. The number of carboxylic acid groups (broad SMARTS) is 1. The maximum Gasteiger partial charge on any atom is 0.336 e. The standard InChI is InChI=1S/C9H7NO3S/c11-8(12)5-2-1-3-7-6(5)4-13-9(14)10-7/h1-3H,4H2,(H,10,14)(H,11,12). The van der Waals surface area contributed by atoms with Gasteiger partial charge in [-0.2, -0.15) is 0 Å². The summed E-state index contributed by atoms with van der Waals surface area (Å²) in [5.74, 6) is -0.958. The number of fused-ring (bicyclic) bond motifs is 1. The lowest BCUT2D eigenvalue weighted by molar-refractivity contribution is 0.0693. The summed E-state index contributed by atoms with van der Waals surface area (Å²) in [5.41, 5.74) is 1.59. The molecule has 1 aliphatic heterocycles. The van der Waals surface area contributed by atoms with E-state index in [0.717, 1.165) is 0 Å². The minimum Gasteiger partial charge on any atom is -0.478 e. The number of anilines is 1. The van der Waals surface area contributed by atoms with Crippen LogP contribution in [0.25, 0.3) is 0 Å². The number of carbonyl (C=O) groups is 1. The molecule has 1 heterocycles. The van der Waals surface area contributed by atoms with Gasteiger partial charge in [0, 0.05) is 11.3 Å². The van der Waals surface area contributed by atoms with E-state index in [2.05, 4.69) is 5.32 Å². The molecule has 0 radical (unpaired) electrons. The first-order chi connectivity index (χ1) is 6.68. The van der Waals surface area contributed by atoms with E-state index < -0.39 is 5.97 Å². The Balaban J connectivity index is 2.52. The Morgan fingerprint density at radius 1 is 1.57 bits per heavy atom. The summed E-state index contributed by atoms with van der Waals surface area (Å²) in [4.78, 5) is 10.8. The molecule has 1 aromatic rings. The van der Waals surface area contributed by atoms with Crippen molar-refractivity contribution in [2.45, 2.75) is 6.61 Å². The Hall–Kier alpha value is -1.62. The second-order valence-corrected chi connectivity index (χ2v) is 3.21. The average Bonchev–Trinajstić information content (AvgIpc) is 2.16. The van der Waals surface area contributed by atoms with Crippen LogP contribution in [0.15, 0.2) is 18.2 Å². The van der Waals surface area contributed by atoms with Gasteiger partial charge < -0.3 is 15.2 Å². The van der Waals surface area contributed by atoms with Crippen molar-refractivity contribution in [3.8, 4) is 0 Å². The molecular weight excluding hydrogens is 202 g/mol. The average molecular weight is 209 g/mol. The fourth-order valence-corrected chi connectivity index (χ4v) is 1.51. The van der Waals surface area contributed by atoms with E-state index in [9.17, 15) is 4.79 Å². The number of carboxylic acids is 1. The van der Waals surface area contributed by atoms with Gasteiger partial charge in [0.05, 0.1) is 5.56 Å². The molecule has 4 nitrogen and oxygen atoms in total. The fourth-order valence-electron chi connectivity index (χ4n) is 1.34. The number of ether oxygens (including phenoxy) is 1. The number of aromatic carboxylic acids is 1. The largest absolute Gasteiger partial charge is 0.478 e. The van der Waals surface area contributed by atoms with Crippen LogP contribution >= 0.6 is 12.2 Å². The molecule has 0 aromatic heterocycles. The first kappa shape index (κ1) is 8.96. The van der Waals surface area contributed by atoms with E-state index in [0.29, 0.717) is 11.3 Å². The number of rotatable bonds is 1. The first-order valence-electron chi connectivity index (χ1n) is 3.97. The number of nitrogens with one attached hydrogen (secondary N) is 1. The lowest BCUT2D eigenvalue weighted by Crippen LogP contribution is -2.22. The second kappa shape index (κ2) is 3.26. The minimum atomic E-state index is -0.958.